The molecule has 2 heterocycles. The van der Waals surface area contributed by atoms with Crippen molar-refractivity contribution in [3.05, 3.63) is 114 Å². The second-order valence-electron chi connectivity index (χ2n) is 14.0. The van der Waals surface area contributed by atoms with Crippen LogP contribution in [0.15, 0.2) is 97.1 Å². The first-order valence-electron chi connectivity index (χ1n) is 17.0. The van der Waals surface area contributed by atoms with Crippen LogP contribution >= 0.6 is 11.8 Å². The highest BCUT2D eigenvalue weighted by molar-refractivity contribution is 7.99. The molecule has 6 rings (SSSR count). The average Bonchev–Trinajstić information content (AvgIpc) is 3.09. The first-order valence-corrected chi connectivity index (χ1v) is 19.6. The maximum Gasteiger partial charge on any atom is 0.534 e. The van der Waals surface area contributed by atoms with Crippen LogP contribution in [0.5, 0.6) is 17.2 Å². The number of alkyl halides is 3. The average molecular weight is 767 g/mol. The zero-order chi connectivity index (χ0) is 38.6. The van der Waals surface area contributed by atoms with Crippen molar-refractivity contribution in [1.29, 1.82) is 0 Å². The lowest BCUT2D eigenvalue weighted by atomic mass is 9.89. The number of thioether (sulfide) groups is 1. The SMILES string of the molecule is CC1=CC(C)(C)Nc2ccc(OS(=O)(=O)C(F)(F)F)cc21.COc1ccc(-c2ccc3c(c2)C(CSCCc2ccccc2)=CC(C)(C)N3)cc1OC. The maximum atomic E-state index is 12.3. The minimum absolute atomic E-state index is 0.0623. The Kier molecular flexibility index (Phi) is 11.8. The van der Waals surface area contributed by atoms with E-state index in [4.69, 9.17) is 9.47 Å². The molecule has 0 fully saturated rings. The topological polar surface area (TPSA) is 85.9 Å². The molecular formula is C41H45F3N2O5S2. The molecule has 0 unspecified atom stereocenters. The van der Waals surface area contributed by atoms with Gasteiger partial charge in [-0.05, 0) is 117 Å². The van der Waals surface area contributed by atoms with Crippen LogP contribution in [0, 0.1) is 0 Å². The van der Waals surface area contributed by atoms with Gasteiger partial charge < -0.3 is 24.3 Å². The second-order valence-corrected chi connectivity index (χ2v) is 16.6. The van der Waals surface area contributed by atoms with Gasteiger partial charge >= 0.3 is 15.6 Å². The summed E-state index contributed by atoms with van der Waals surface area (Å²) in [6.07, 6.45) is 5.37. The minimum atomic E-state index is -5.66. The third-order valence-corrected chi connectivity index (χ3v) is 10.6. The predicted molar refractivity (Wildman–Crippen MR) is 212 cm³/mol. The summed E-state index contributed by atoms with van der Waals surface area (Å²) < 4.78 is 73.9. The molecule has 2 aliphatic heterocycles. The quantitative estimate of drug-likeness (QED) is 0.0938. The number of benzene rings is 4. The number of ether oxygens (including phenoxy) is 2. The van der Waals surface area contributed by atoms with Crippen LogP contribution in [0.25, 0.3) is 22.3 Å². The van der Waals surface area contributed by atoms with Crippen molar-refractivity contribution >= 4 is 44.4 Å². The Morgan fingerprint density at radius 3 is 2.00 bits per heavy atom. The molecule has 0 atom stereocenters. The molecule has 0 spiro atoms. The number of methoxy groups -OCH3 is 2. The highest BCUT2D eigenvalue weighted by atomic mass is 32.2. The van der Waals surface area contributed by atoms with Crippen LogP contribution in [0.4, 0.5) is 24.5 Å². The van der Waals surface area contributed by atoms with E-state index in [0.717, 1.165) is 40.6 Å². The number of anilines is 2. The summed E-state index contributed by atoms with van der Waals surface area (Å²) in [5.74, 6) is 3.22. The Balaban J connectivity index is 0.000000224. The molecule has 7 nitrogen and oxygen atoms in total. The zero-order valence-corrected chi connectivity index (χ0v) is 32.5. The van der Waals surface area contributed by atoms with E-state index in [0.29, 0.717) is 11.3 Å². The van der Waals surface area contributed by atoms with Gasteiger partial charge in [0.1, 0.15) is 5.75 Å². The van der Waals surface area contributed by atoms with Gasteiger partial charge in [-0.3, -0.25) is 0 Å². The summed E-state index contributed by atoms with van der Waals surface area (Å²) in [6.45, 7) is 10.1. The van der Waals surface area contributed by atoms with Gasteiger partial charge in [0, 0.05) is 28.3 Å². The Hall–Kier alpha value is -4.55. The van der Waals surface area contributed by atoms with Gasteiger partial charge in [0.15, 0.2) is 11.5 Å². The normalized spacial score (nSPS) is 15.5. The largest absolute Gasteiger partial charge is 0.534 e. The molecule has 0 aromatic heterocycles. The van der Waals surface area contributed by atoms with Crippen LogP contribution < -0.4 is 24.3 Å². The van der Waals surface area contributed by atoms with Crippen LogP contribution in [0.2, 0.25) is 0 Å². The van der Waals surface area contributed by atoms with Gasteiger partial charge in [-0.1, -0.05) is 54.6 Å². The first-order chi connectivity index (χ1) is 24.9. The molecule has 4 aromatic rings. The number of fused-ring (bicyclic) bond motifs is 2. The van der Waals surface area contributed by atoms with Gasteiger partial charge in [-0.15, -0.1) is 0 Å². The van der Waals surface area contributed by atoms with Crippen molar-refractivity contribution in [2.45, 2.75) is 57.6 Å². The number of rotatable bonds is 10. The minimum Gasteiger partial charge on any atom is -0.493 e. The van der Waals surface area contributed by atoms with E-state index in [9.17, 15) is 21.6 Å². The summed E-state index contributed by atoms with van der Waals surface area (Å²) in [4.78, 5) is 0. The highest BCUT2D eigenvalue weighted by Gasteiger charge is 2.48. The lowest BCUT2D eigenvalue weighted by Crippen LogP contribution is -2.32. The van der Waals surface area contributed by atoms with E-state index in [1.807, 2.05) is 43.8 Å². The molecule has 0 aliphatic carbocycles. The predicted octanol–water partition coefficient (Wildman–Crippen LogP) is 10.5. The third-order valence-electron chi connectivity index (χ3n) is 8.65. The summed E-state index contributed by atoms with van der Waals surface area (Å²) in [7, 11) is -2.32. The summed E-state index contributed by atoms with van der Waals surface area (Å²) in [5, 5.41) is 6.85. The lowest BCUT2D eigenvalue weighted by molar-refractivity contribution is -0.0500. The smallest absolute Gasteiger partial charge is 0.493 e. The number of nitrogens with one attached hydrogen (secondary N) is 2. The van der Waals surface area contributed by atoms with Crippen LogP contribution in [0.3, 0.4) is 0 Å². The molecule has 53 heavy (non-hydrogen) atoms. The Labute approximate surface area is 314 Å². The highest BCUT2D eigenvalue weighted by Crippen LogP contribution is 2.40. The molecule has 282 valence electrons. The Morgan fingerprint density at radius 1 is 0.736 bits per heavy atom. The number of hydrogen-bond donors (Lipinski definition) is 2. The van der Waals surface area contributed by atoms with Gasteiger partial charge in [0.2, 0.25) is 0 Å². The molecule has 0 saturated carbocycles. The van der Waals surface area contributed by atoms with Crippen molar-refractivity contribution in [2.24, 2.45) is 0 Å². The van der Waals surface area contributed by atoms with Gasteiger partial charge in [-0.2, -0.15) is 33.4 Å². The van der Waals surface area contributed by atoms with Crippen LogP contribution in [0.1, 0.15) is 51.3 Å². The number of hydrogen-bond acceptors (Lipinski definition) is 8. The van der Waals surface area contributed by atoms with Gasteiger partial charge in [-0.25, -0.2) is 0 Å². The molecule has 0 bridgehead atoms. The summed E-state index contributed by atoms with van der Waals surface area (Å²) >= 11 is 2.00. The molecule has 12 heteroatoms. The van der Waals surface area contributed by atoms with Crippen LogP contribution in [-0.4, -0.2) is 50.7 Å². The van der Waals surface area contributed by atoms with Crippen molar-refractivity contribution in [3.8, 4) is 28.4 Å². The molecule has 2 aliphatic rings. The monoisotopic (exact) mass is 766 g/mol. The van der Waals surface area contributed by atoms with Crippen molar-refractivity contribution in [2.75, 3.05) is 36.4 Å². The van der Waals surface area contributed by atoms with Gasteiger partial charge in [0.05, 0.1) is 25.3 Å². The van der Waals surface area contributed by atoms with Crippen LogP contribution in [-0.2, 0) is 16.5 Å². The number of halogens is 3. The van der Waals surface area contributed by atoms with Gasteiger partial charge in [0.25, 0.3) is 0 Å². The van der Waals surface area contributed by atoms with E-state index >= 15 is 0 Å². The molecule has 0 radical (unpaired) electrons. The van der Waals surface area contributed by atoms with E-state index < -0.39 is 15.6 Å². The first kappa shape index (κ1) is 39.7. The Morgan fingerprint density at radius 2 is 1.34 bits per heavy atom. The summed E-state index contributed by atoms with van der Waals surface area (Å²) in [5.41, 5.74) is 3.88. The summed E-state index contributed by atoms with van der Waals surface area (Å²) in [6, 6.07) is 27.4. The number of allylic oxidation sites excluding steroid dienone is 1. The molecular weight excluding hydrogens is 722 g/mol. The van der Waals surface area contributed by atoms with E-state index in [2.05, 4.69) is 89.3 Å². The Bertz CT molecular complexity index is 2110. The fourth-order valence-electron chi connectivity index (χ4n) is 6.33. The van der Waals surface area contributed by atoms with Crippen molar-refractivity contribution in [3.63, 3.8) is 0 Å². The number of aryl methyl sites for hydroxylation is 1. The second kappa shape index (κ2) is 15.8. The van der Waals surface area contributed by atoms with E-state index in [-0.39, 0.29) is 16.8 Å². The molecule has 2 N–H and O–H groups in total. The van der Waals surface area contributed by atoms with Crippen molar-refractivity contribution in [1.82, 2.24) is 0 Å². The molecule has 0 saturated heterocycles. The molecule has 0 amide bonds. The fourth-order valence-corrected chi connectivity index (χ4v) is 7.77. The fraction of sp³-hybridized carbons (Fsp3) is 0.317. The zero-order valence-electron chi connectivity index (χ0n) is 30.9. The molecule has 4 aromatic carbocycles. The van der Waals surface area contributed by atoms with E-state index in [1.54, 1.807) is 21.1 Å². The van der Waals surface area contributed by atoms with Crippen molar-refractivity contribution < 1.29 is 35.2 Å². The maximum absolute atomic E-state index is 12.3. The third kappa shape index (κ3) is 9.91. The lowest BCUT2D eigenvalue weighted by Gasteiger charge is -2.32. The standard InChI is InChI=1S/C28H31NO2S.C13H14F3NO3S/c1-28(2)18-23(19-32-15-14-20-8-6-5-7-9-20)24-16-21(10-12-25(24)29-28)22-11-13-26(30-3)27(17-22)31-4;1-8-7-12(2,3)17-11-5-4-9(6-10(8)11)20-21(18,19)13(14,15)16/h5-13,16-18,29H,14-15,19H2,1-4H3;4-7,17H,1-3H3. The van der Waals surface area contributed by atoms with E-state index in [1.165, 1.54) is 46.1 Å².